The molecule has 0 aromatic carbocycles. The Hall–Kier alpha value is -1.52. The molecule has 98 valence electrons. The number of carbonyl (C=O) groups is 2. The minimum absolute atomic E-state index is 0.354. The minimum atomic E-state index is -1.02. The molecule has 0 saturated heterocycles. The zero-order chi connectivity index (χ0) is 13.6. The van der Waals surface area contributed by atoms with Crippen LogP contribution in [0.4, 0.5) is 4.79 Å². The Labute approximate surface area is 102 Å². The SMILES string of the molecule is C=CCN(C(=O)N[C@H](CC)C(=O)O)C(C)(C)C. The van der Waals surface area contributed by atoms with Crippen LogP contribution in [0.1, 0.15) is 34.1 Å². The number of carbonyl (C=O) groups excluding carboxylic acids is 1. The molecular weight excluding hydrogens is 220 g/mol. The Balaban J connectivity index is 4.74. The van der Waals surface area contributed by atoms with E-state index < -0.39 is 12.0 Å². The number of nitrogens with zero attached hydrogens (tertiary/aromatic N) is 1. The fourth-order valence-electron chi connectivity index (χ4n) is 1.36. The highest BCUT2D eigenvalue weighted by atomic mass is 16.4. The molecule has 5 heteroatoms. The lowest BCUT2D eigenvalue weighted by Gasteiger charge is -2.35. The summed E-state index contributed by atoms with van der Waals surface area (Å²) in [6.07, 6.45) is 1.97. The van der Waals surface area contributed by atoms with Crippen LogP contribution in [-0.4, -0.2) is 40.1 Å². The summed E-state index contributed by atoms with van der Waals surface area (Å²) in [5.41, 5.74) is -0.380. The third kappa shape index (κ3) is 4.89. The first-order chi connectivity index (χ1) is 7.73. The van der Waals surface area contributed by atoms with Gasteiger partial charge in [-0.25, -0.2) is 9.59 Å². The summed E-state index contributed by atoms with van der Waals surface area (Å²) in [4.78, 5) is 24.3. The second kappa shape index (κ2) is 6.27. The molecule has 2 N–H and O–H groups in total. The molecule has 1 atom stereocenters. The van der Waals surface area contributed by atoms with Crippen LogP contribution < -0.4 is 5.32 Å². The van der Waals surface area contributed by atoms with E-state index in [1.807, 2.05) is 20.8 Å². The molecule has 0 aliphatic carbocycles. The highest BCUT2D eigenvalue weighted by molar-refractivity contribution is 5.82. The first-order valence-corrected chi connectivity index (χ1v) is 5.65. The molecule has 0 heterocycles. The number of amides is 2. The van der Waals surface area contributed by atoms with E-state index in [0.717, 1.165) is 0 Å². The Morgan fingerprint density at radius 3 is 2.29 bits per heavy atom. The Morgan fingerprint density at radius 2 is 2.00 bits per heavy atom. The van der Waals surface area contributed by atoms with Crippen LogP contribution in [0.2, 0.25) is 0 Å². The van der Waals surface area contributed by atoms with Crippen LogP contribution in [0.25, 0.3) is 0 Å². The van der Waals surface area contributed by atoms with Crippen molar-refractivity contribution < 1.29 is 14.7 Å². The number of urea groups is 1. The van der Waals surface area contributed by atoms with Crippen LogP contribution in [0.5, 0.6) is 0 Å². The number of carboxylic acids is 1. The van der Waals surface area contributed by atoms with Crippen molar-refractivity contribution in [1.29, 1.82) is 0 Å². The molecule has 0 radical (unpaired) electrons. The summed E-state index contributed by atoms with van der Waals surface area (Å²) in [7, 11) is 0. The summed E-state index contributed by atoms with van der Waals surface area (Å²) < 4.78 is 0. The normalized spacial score (nSPS) is 12.7. The van der Waals surface area contributed by atoms with E-state index in [2.05, 4.69) is 11.9 Å². The maximum absolute atomic E-state index is 12.0. The standard InChI is InChI=1S/C12H22N2O3/c1-6-8-14(12(3,4)5)11(17)13-9(7-2)10(15)16/h6,9H,1,7-8H2,2-5H3,(H,13,17)(H,15,16)/t9-/m1/s1. The monoisotopic (exact) mass is 242 g/mol. The van der Waals surface area contributed by atoms with Gasteiger partial charge in [0.05, 0.1) is 0 Å². The number of carboxylic acid groups (broad SMARTS) is 1. The van der Waals surface area contributed by atoms with Gasteiger partial charge in [0.25, 0.3) is 0 Å². The quantitative estimate of drug-likeness (QED) is 0.723. The zero-order valence-electron chi connectivity index (χ0n) is 11.0. The van der Waals surface area contributed by atoms with Gasteiger partial charge >= 0.3 is 12.0 Å². The van der Waals surface area contributed by atoms with Gasteiger partial charge in [0.1, 0.15) is 6.04 Å². The van der Waals surface area contributed by atoms with Crippen LogP contribution in [-0.2, 0) is 4.79 Å². The Morgan fingerprint density at radius 1 is 1.47 bits per heavy atom. The predicted octanol–water partition coefficient (Wildman–Crippen LogP) is 1.85. The molecule has 0 aliphatic heterocycles. The first-order valence-electron chi connectivity index (χ1n) is 5.65. The van der Waals surface area contributed by atoms with Gasteiger partial charge in [-0.1, -0.05) is 13.0 Å². The lowest BCUT2D eigenvalue weighted by atomic mass is 10.1. The molecular formula is C12H22N2O3. The van der Waals surface area contributed by atoms with Crippen LogP contribution >= 0.6 is 0 Å². The number of nitrogens with one attached hydrogen (secondary N) is 1. The van der Waals surface area contributed by atoms with Gasteiger partial charge in [-0.15, -0.1) is 6.58 Å². The van der Waals surface area contributed by atoms with Crippen molar-refractivity contribution in [1.82, 2.24) is 10.2 Å². The van der Waals surface area contributed by atoms with Gasteiger partial charge in [0.2, 0.25) is 0 Å². The van der Waals surface area contributed by atoms with Crippen molar-refractivity contribution in [3.63, 3.8) is 0 Å². The van der Waals surface area contributed by atoms with E-state index in [1.54, 1.807) is 17.9 Å². The van der Waals surface area contributed by atoms with Gasteiger partial charge in [0, 0.05) is 12.1 Å². The van der Waals surface area contributed by atoms with Gasteiger partial charge in [0.15, 0.2) is 0 Å². The molecule has 0 fully saturated rings. The number of hydrogen-bond donors (Lipinski definition) is 2. The molecule has 17 heavy (non-hydrogen) atoms. The van der Waals surface area contributed by atoms with Crippen molar-refractivity contribution in [2.45, 2.75) is 45.7 Å². The smallest absolute Gasteiger partial charge is 0.326 e. The molecule has 0 aromatic heterocycles. The zero-order valence-corrected chi connectivity index (χ0v) is 11.0. The van der Waals surface area contributed by atoms with E-state index >= 15 is 0 Å². The van der Waals surface area contributed by atoms with Crippen LogP contribution in [0.15, 0.2) is 12.7 Å². The lowest BCUT2D eigenvalue weighted by molar-refractivity contribution is -0.139. The number of rotatable bonds is 5. The molecule has 0 aromatic rings. The van der Waals surface area contributed by atoms with E-state index in [4.69, 9.17) is 5.11 Å². The molecule has 5 nitrogen and oxygen atoms in total. The molecule has 0 unspecified atom stereocenters. The first kappa shape index (κ1) is 15.5. The lowest BCUT2D eigenvalue weighted by Crippen LogP contribution is -2.54. The third-order valence-corrected chi connectivity index (χ3v) is 2.37. The summed E-state index contributed by atoms with van der Waals surface area (Å²) in [5, 5.41) is 11.4. The van der Waals surface area contributed by atoms with Crippen LogP contribution in [0, 0.1) is 0 Å². The number of aliphatic carboxylic acids is 1. The minimum Gasteiger partial charge on any atom is -0.480 e. The highest BCUT2D eigenvalue weighted by Gasteiger charge is 2.28. The van der Waals surface area contributed by atoms with Gasteiger partial charge < -0.3 is 15.3 Å². The van der Waals surface area contributed by atoms with Gasteiger partial charge in [-0.2, -0.15) is 0 Å². The molecule has 0 rings (SSSR count). The second-order valence-corrected chi connectivity index (χ2v) is 4.82. The van der Waals surface area contributed by atoms with Crippen molar-refractivity contribution in [2.75, 3.05) is 6.54 Å². The Kier molecular flexibility index (Phi) is 5.71. The van der Waals surface area contributed by atoms with Crippen LogP contribution in [0.3, 0.4) is 0 Å². The summed E-state index contributed by atoms with van der Waals surface area (Å²) in [5.74, 6) is -1.02. The van der Waals surface area contributed by atoms with E-state index in [9.17, 15) is 9.59 Å². The van der Waals surface area contributed by atoms with E-state index in [0.29, 0.717) is 13.0 Å². The average molecular weight is 242 g/mol. The molecule has 0 bridgehead atoms. The molecule has 0 saturated carbocycles. The maximum atomic E-state index is 12.0. The third-order valence-electron chi connectivity index (χ3n) is 2.37. The largest absolute Gasteiger partial charge is 0.480 e. The number of hydrogen-bond acceptors (Lipinski definition) is 2. The van der Waals surface area contributed by atoms with Crippen molar-refractivity contribution >= 4 is 12.0 Å². The second-order valence-electron chi connectivity index (χ2n) is 4.82. The van der Waals surface area contributed by atoms with Gasteiger partial charge in [-0.05, 0) is 27.2 Å². The maximum Gasteiger partial charge on any atom is 0.326 e. The van der Waals surface area contributed by atoms with Crippen molar-refractivity contribution in [3.05, 3.63) is 12.7 Å². The molecule has 2 amide bonds. The summed E-state index contributed by atoms with van der Waals surface area (Å²) in [6.45, 7) is 11.3. The van der Waals surface area contributed by atoms with E-state index in [-0.39, 0.29) is 11.6 Å². The van der Waals surface area contributed by atoms with Crippen molar-refractivity contribution in [3.8, 4) is 0 Å². The average Bonchev–Trinajstić information content (AvgIpc) is 2.19. The Bertz CT molecular complexity index is 295. The van der Waals surface area contributed by atoms with Crippen molar-refractivity contribution in [2.24, 2.45) is 0 Å². The fourth-order valence-corrected chi connectivity index (χ4v) is 1.36. The summed E-state index contributed by atoms with van der Waals surface area (Å²) >= 11 is 0. The predicted molar refractivity (Wildman–Crippen MR) is 66.9 cm³/mol. The molecule has 0 spiro atoms. The fraction of sp³-hybridized carbons (Fsp3) is 0.667. The molecule has 0 aliphatic rings. The highest BCUT2D eigenvalue weighted by Crippen LogP contribution is 2.13. The topological polar surface area (TPSA) is 69.6 Å². The van der Waals surface area contributed by atoms with Gasteiger partial charge in [-0.3, -0.25) is 0 Å². The van der Waals surface area contributed by atoms with E-state index in [1.165, 1.54) is 0 Å². The summed E-state index contributed by atoms with van der Waals surface area (Å²) in [6, 6.07) is -1.23.